The molecular formula is C14H9F6NO. The Morgan fingerprint density at radius 2 is 1.41 bits per heavy atom. The molecule has 0 aliphatic heterocycles. The summed E-state index contributed by atoms with van der Waals surface area (Å²) in [5.74, 6) is 0.0350. The van der Waals surface area contributed by atoms with Crippen molar-refractivity contribution in [2.24, 2.45) is 0 Å². The van der Waals surface area contributed by atoms with Gasteiger partial charge in [-0.3, -0.25) is 0 Å². The maximum absolute atomic E-state index is 12.7. The van der Waals surface area contributed by atoms with Crippen LogP contribution in [0.15, 0.2) is 36.4 Å². The van der Waals surface area contributed by atoms with Crippen molar-refractivity contribution >= 4 is 0 Å². The third kappa shape index (κ3) is 3.32. The number of hydrogen-bond donors (Lipinski definition) is 0. The first-order valence-electron chi connectivity index (χ1n) is 5.93. The molecule has 0 amide bonds. The quantitative estimate of drug-likeness (QED) is 0.742. The normalized spacial score (nSPS) is 12.3. The Morgan fingerprint density at radius 1 is 0.818 bits per heavy atom. The van der Waals surface area contributed by atoms with Gasteiger partial charge in [-0.15, -0.1) is 0 Å². The van der Waals surface area contributed by atoms with Gasteiger partial charge in [0.15, 0.2) is 0 Å². The standard InChI is InChI=1S/C14H9F6NO/c1-22-10-6-7-11(14(18,19)20)21-12(10)8-2-4-9(5-3-8)13(15,16)17/h2-7H,1H3. The highest BCUT2D eigenvalue weighted by Gasteiger charge is 2.34. The molecule has 1 heterocycles. The van der Waals surface area contributed by atoms with Gasteiger partial charge in [0, 0.05) is 5.56 Å². The average Bonchev–Trinajstić information content (AvgIpc) is 2.45. The summed E-state index contributed by atoms with van der Waals surface area (Å²) < 4.78 is 80.5. The van der Waals surface area contributed by atoms with Crippen molar-refractivity contribution in [3.05, 3.63) is 47.7 Å². The van der Waals surface area contributed by atoms with Crippen LogP contribution < -0.4 is 4.74 Å². The molecule has 0 N–H and O–H groups in total. The topological polar surface area (TPSA) is 22.1 Å². The van der Waals surface area contributed by atoms with Crippen LogP contribution in [-0.2, 0) is 12.4 Å². The van der Waals surface area contributed by atoms with E-state index in [1.54, 1.807) is 0 Å². The molecule has 0 fully saturated rings. The van der Waals surface area contributed by atoms with Gasteiger partial charge in [0.25, 0.3) is 0 Å². The van der Waals surface area contributed by atoms with Crippen molar-refractivity contribution in [3.63, 3.8) is 0 Å². The zero-order valence-corrected chi connectivity index (χ0v) is 11.1. The van der Waals surface area contributed by atoms with Crippen molar-refractivity contribution < 1.29 is 31.1 Å². The minimum atomic E-state index is -4.66. The van der Waals surface area contributed by atoms with Gasteiger partial charge in [-0.2, -0.15) is 26.3 Å². The number of benzene rings is 1. The number of alkyl halides is 6. The molecule has 2 aromatic rings. The fraction of sp³-hybridized carbons (Fsp3) is 0.214. The molecule has 118 valence electrons. The van der Waals surface area contributed by atoms with E-state index in [2.05, 4.69) is 4.98 Å². The van der Waals surface area contributed by atoms with Gasteiger partial charge >= 0.3 is 12.4 Å². The number of hydrogen-bond acceptors (Lipinski definition) is 2. The Morgan fingerprint density at radius 3 is 1.86 bits per heavy atom. The van der Waals surface area contributed by atoms with Gasteiger partial charge in [-0.25, -0.2) is 4.98 Å². The zero-order chi connectivity index (χ0) is 16.5. The summed E-state index contributed by atoms with van der Waals surface area (Å²) in [5, 5.41) is 0. The van der Waals surface area contributed by atoms with E-state index in [1.807, 2.05) is 0 Å². The highest BCUT2D eigenvalue weighted by molar-refractivity contribution is 5.66. The van der Waals surface area contributed by atoms with Gasteiger partial charge in [0.1, 0.15) is 17.1 Å². The molecule has 0 aliphatic carbocycles. The molecule has 0 aliphatic rings. The lowest BCUT2D eigenvalue weighted by molar-refractivity contribution is -0.141. The number of halogens is 6. The lowest BCUT2D eigenvalue weighted by atomic mass is 10.1. The first-order valence-corrected chi connectivity index (χ1v) is 5.93. The van der Waals surface area contributed by atoms with E-state index in [9.17, 15) is 26.3 Å². The van der Waals surface area contributed by atoms with Gasteiger partial charge in [-0.05, 0) is 24.3 Å². The Labute approximate surface area is 121 Å². The second-order valence-corrected chi connectivity index (χ2v) is 4.32. The first-order chi connectivity index (χ1) is 10.1. The molecule has 22 heavy (non-hydrogen) atoms. The Hall–Kier alpha value is -2.25. The molecule has 1 aromatic carbocycles. The minimum Gasteiger partial charge on any atom is -0.494 e. The smallest absolute Gasteiger partial charge is 0.433 e. The number of ether oxygens (including phenoxy) is 1. The average molecular weight is 321 g/mol. The number of methoxy groups -OCH3 is 1. The second-order valence-electron chi connectivity index (χ2n) is 4.32. The Kier molecular flexibility index (Phi) is 4.04. The maximum Gasteiger partial charge on any atom is 0.433 e. The van der Waals surface area contributed by atoms with Gasteiger partial charge in [-0.1, -0.05) is 12.1 Å². The van der Waals surface area contributed by atoms with E-state index in [0.717, 1.165) is 36.4 Å². The van der Waals surface area contributed by atoms with Crippen LogP contribution in [0.2, 0.25) is 0 Å². The highest BCUT2D eigenvalue weighted by atomic mass is 19.4. The highest BCUT2D eigenvalue weighted by Crippen LogP contribution is 2.36. The summed E-state index contributed by atoms with van der Waals surface area (Å²) in [7, 11) is 1.23. The lowest BCUT2D eigenvalue weighted by Gasteiger charge is -2.12. The number of pyridine rings is 1. The first kappa shape index (κ1) is 16.1. The number of aromatic nitrogens is 1. The summed E-state index contributed by atoms with van der Waals surface area (Å²) >= 11 is 0. The summed E-state index contributed by atoms with van der Waals surface area (Å²) in [6.07, 6.45) is -9.18. The molecule has 1 aromatic heterocycles. The number of nitrogens with zero attached hydrogens (tertiary/aromatic N) is 1. The maximum atomic E-state index is 12.7. The predicted octanol–water partition coefficient (Wildman–Crippen LogP) is 4.79. The molecule has 8 heteroatoms. The van der Waals surface area contributed by atoms with Crippen LogP contribution in [-0.4, -0.2) is 12.1 Å². The van der Waals surface area contributed by atoms with E-state index in [0.29, 0.717) is 0 Å². The molecule has 0 bridgehead atoms. The van der Waals surface area contributed by atoms with E-state index >= 15 is 0 Å². The fourth-order valence-electron chi connectivity index (χ4n) is 1.79. The lowest BCUT2D eigenvalue weighted by Crippen LogP contribution is -2.09. The van der Waals surface area contributed by atoms with Crippen LogP contribution in [0.4, 0.5) is 26.3 Å². The van der Waals surface area contributed by atoms with Gasteiger partial charge in [0.2, 0.25) is 0 Å². The van der Waals surface area contributed by atoms with E-state index in [4.69, 9.17) is 4.74 Å². The number of rotatable bonds is 2. The third-order valence-corrected chi connectivity index (χ3v) is 2.85. The van der Waals surface area contributed by atoms with Crippen LogP contribution in [0.25, 0.3) is 11.3 Å². The zero-order valence-electron chi connectivity index (χ0n) is 11.1. The van der Waals surface area contributed by atoms with E-state index in [1.165, 1.54) is 7.11 Å². The molecule has 0 unspecified atom stereocenters. The second kappa shape index (κ2) is 5.51. The van der Waals surface area contributed by atoms with Crippen molar-refractivity contribution in [3.8, 4) is 17.0 Å². The molecule has 2 rings (SSSR count). The Balaban J connectivity index is 2.51. The van der Waals surface area contributed by atoms with Crippen LogP contribution in [0.1, 0.15) is 11.3 Å². The largest absolute Gasteiger partial charge is 0.494 e. The van der Waals surface area contributed by atoms with Gasteiger partial charge < -0.3 is 4.74 Å². The molecule has 0 spiro atoms. The molecule has 0 saturated heterocycles. The molecule has 0 atom stereocenters. The van der Waals surface area contributed by atoms with E-state index in [-0.39, 0.29) is 17.0 Å². The van der Waals surface area contributed by atoms with E-state index < -0.39 is 23.6 Å². The predicted molar refractivity (Wildman–Crippen MR) is 66.2 cm³/mol. The summed E-state index contributed by atoms with van der Waals surface area (Å²) in [4.78, 5) is 3.45. The minimum absolute atomic E-state index is 0.0350. The molecule has 2 nitrogen and oxygen atoms in total. The Bertz CT molecular complexity index is 661. The third-order valence-electron chi connectivity index (χ3n) is 2.85. The van der Waals surface area contributed by atoms with Crippen molar-refractivity contribution in [2.75, 3.05) is 7.11 Å². The van der Waals surface area contributed by atoms with Gasteiger partial charge in [0.05, 0.1) is 12.7 Å². The fourth-order valence-corrected chi connectivity index (χ4v) is 1.79. The van der Waals surface area contributed by atoms with Crippen molar-refractivity contribution in [2.45, 2.75) is 12.4 Å². The van der Waals surface area contributed by atoms with Crippen molar-refractivity contribution in [1.82, 2.24) is 4.98 Å². The molecule has 0 radical (unpaired) electrons. The summed E-state index contributed by atoms with van der Waals surface area (Å²) in [6, 6.07) is 5.46. The molecule has 0 saturated carbocycles. The summed E-state index contributed by atoms with van der Waals surface area (Å²) in [5.41, 5.74) is -2.13. The van der Waals surface area contributed by atoms with Crippen molar-refractivity contribution in [1.29, 1.82) is 0 Å². The van der Waals surface area contributed by atoms with Crippen LogP contribution in [0.5, 0.6) is 5.75 Å². The molecular weight excluding hydrogens is 312 g/mol. The van der Waals surface area contributed by atoms with Crippen LogP contribution >= 0.6 is 0 Å². The van der Waals surface area contributed by atoms with Crippen LogP contribution in [0, 0.1) is 0 Å². The monoisotopic (exact) mass is 321 g/mol. The summed E-state index contributed by atoms with van der Waals surface area (Å²) in [6.45, 7) is 0. The SMILES string of the molecule is COc1ccc(C(F)(F)F)nc1-c1ccc(C(F)(F)F)cc1. The van der Waals surface area contributed by atoms with Crippen LogP contribution in [0.3, 0.4) is 0 Å².